The summed E-state index contributed by atoms with van der Waals surface area (Å²) in [6, 6.07) is 3.76. The first-order valence-corrected chi connectivity index (χ1v) is 4.31. The molecular formula is C7H8ClNOS. The Labute approximate surface area is 74.4 Å². The van der Waals surface area contributed by atoms with E-state index in [1.807, 2.05) is 12.1 Å². The van der Waals surface area contributed by atoms with Crippen LogP contribution in [0.1, 0.15) is 4.88 Å². The first kappa shape index (κ1) is 8.56. The molecular weight excluding hydrogens is 182 g/mol. The van der Waals surface area contributed by atoms with Crippen molar-refractivity contribution in [3.63, 3.8) is 0 Å². The highest BCUT2D eigenvalue weighted by Gasteiger charge is 1.99. The highest BCUT2D eigenvalue weighted by Crippen LogP contribution is 2.21. The molecule has 0 N–H and O–H groups in total. The molecule has 1 aromatic heterocycles. The Morgan fingerprint density at radius 3 is 2.91 bits per heavy atom. The minimum absolute atomic E-state index is 0.640. The molecule has 2 nitrogen and oxygen atoms in total. The lowest BCUT2D eigenvalue weighted by atomic mass is 10.4. The summed E-state index contributed by atoms with van der Waals surface area (Å²) in [5.41, 5.74) is 0. The second-order valence-electron chi connectivity index (χ2n) is 2.23. The monoisotopic (exact) mass is 189 g/mol. The number of amides is 1. The van der Waals surface area contributed by atoms with E-state index in [0.29, 0.717) is 6.54 Å². The number of hydrogen-bond donors (Lipinski definition) is 0. The lowest BCUT2D eigenvalue weighted by Gasteiger charge is -2.06. The molecule has 0 spiro atoms. The summed E-state index contributed by atoms with van der Waals surface area (Å²) in [5, 5.41) is 0. The fourth-order valence-electron chi connectivity index (χ4n) is 0.720. The third kappa shape index (κ3) is 2.52. The van der Waals surface area contributed by atoms with Crippen LogP contribution >= 0.6 is 22.9 Å². The van der Waals surface area contributed by atoms with E-state index in [1.165, 1.54) is 11.3 Å². The van der Waals surface area contributed by atoms with Crippen molar-refractivity contribution in [3.05, 3.63) is 21.3 Å². The average molecular weight is 190 g/mol. The molecule has 0 radical (unpaired) electrons. The minimum atomic E-state index is 0.640. The summed E-state index contributed by atoms with van der Waals surface area (Å²) < 4.78 is 0.763. The second kappa shape index (κ2) is 3.74. The summed E-state index contributed by atoms with van der Waals surface area (Å²) >= 11 is 7.20. The molecule has 0 bridgehead atoms. The summed E-state index contributed by atoms with van der Waals surface area (Å²) in [6.45, 7) is 0.640. The van der Waals surface area contributed by atoms with Gasteiger partial charge in [-0.2, -0.15) is 0 Å². The summed E-state index contributed by atoms with van der Waals surface area (Å²) in [6.07, 6.45) is 0.799. The van der Waals surface area contributed by atoms with Gasteiger partial charge in [-0.3, -0.25) is 4.79 Å². The Hall–Kier alpha value is -0.540. The molecule has 0 saturated carbocycles. The van der Waals surface area contributed by atoms with Crippen LogP contribution in [0.5, 0.6) is 0 Å². The molecule has 0 unspecified atom stereocenters. The van der Waals surface area contributed by atoms with Gasteiger partial charge < -0.3 is 4.90 Å². The molecule has 0 saturated heterocycles. The fourth-order valence-corrected chi connectivity index (χ4v) is 1.87. The normalized spacial score (nSPS) is 9.64. The van der Waals surface area contributed by atoms with Crippen molar-refractivity contribution in [2.45, 2.75) is 6.54 Å². The van der Waals surface area contributed by atoms with E-state index >= 15 is 0 Å². The smallest absolute Gasteiger partial charge is 0.209 e. The SMILES string of the molecule is CN(C=O)Cc1ccc(Cl)s1. The second-order valence-corrected chi connectivity index (χ2v) is 4.03. The molecule has 60 valence electrons. The molecule has 0 atom stereocenters. The Bertz CT molecular complexity index is 248. The largest absolute Gasteiger partial charge is 0.343 e. The van der Waals surface area contributed by atoms with Gasteiger partial charge in [0.05, 0.1) is 10.9 Å². The predicted octanol–water partition coefficient (Wildman–Crippen LogP) is 1.99. The van der Waals surface area contributed by atoms with E-state index in [1.54, 1.807) is 11.9 Å². The molecule has 1 amide bonds. The van der Waals surface area contributed by atoms with Crippen molar-refractivity contribution >= 4 is 29.3 Å². The van der Waals surface area contributed by atoms with Crippen LogP contribution in [0.15, 0.2) is 12.1 Å². The average Bonchev–Trinajstić information content (AvgIpc) is 2.35. The molecule has 1 aromatic rings. The lowest BCUT2D eigenvalue weighted by Crippen LogP contribution is -2.13. The van der Waals surface area contributed by atoms with Crippen molar-refractivity contribution < 1.29 is 4.79 Å². The highest BCUT2D eigenvalue weighted by atomic mass is 35.5. The zero-order valence-corrected chi connectivity index (χ0v) is 7.65. The van der Waals surface area contributed by atoms with Gasteiger partial charge in [-0.15, -0.1) is 11.3 Å². The van der Waals surface area contributed by atoms with Crippen molar-refractivity contribution in [3.8, 4) is 0 Å². The molecule has 0 aliphatic heterocycles. The Kier molecular flexibility index (Phi) is 2.91. The molecule has 0 fully saturated rings. The molecule has 1 rings (SSSR count). The van der Waals surface area contributed by atoms with Gasteiger partial charge >= 0.3 is 0 Å². The number of nitrogens with zero attached hydrogens (tertiary/aromatic N) is 1. The standard InChI is InChI=1S/C7H8ClNOS/c1-9(5-10)4-6-2-3-7(8)11-6/h2-3,5H,4H2,1H3. The van der Waals surface area contributed by atoms with E-state index in [0.717, 1.165) is 15.6 Å². The van der Waals surface area contributed by atoms with Crippen LogP contribution in [0.3, 0.4) is 0 Å². The summed E-state index contributed by atoms with van der Waals surface area (Å²) in [4.78, 5) is 12.9. The zero-order chi connectivity index (χ0) is 8.27. The van der Waals surface area contributed by atoms with Gasteiger partial charge in [0, 0.05) is 11.9 Å². The Morgan fingerprint density at radius 1 is 1.73 bits per heavy atom. The van der Waals surface area contributed by atoms with Crippen LogP contribution in [-0.4, -0.2) is 18.4 Å². The van der Waals surface area contributed by atoms with E-state index in [4.69, 9.17) is 11.6 Å². The van der Waals surface area contributed by atoms with Crippen molar-refractivity contribution in [1.82, 2.24) is 4.90 Å². The van der Waals surface area contributed by atoms with E-state index in [-0.39, 0.29) is 0 Å². The maximum Gasteiger partial charge on any atom is 0.209 e. The van der Waals surface area contributed by atoms with Crippen LogP contribution in [0.2, 0.25) is 4.34 Å². The molecule has 4 heteroatoms. The fraction of sp³-hybridized carbons (Fsp3) is 0.286. The van der Waals surface area contributed by atoms with Crippen LogP contribution in [0, 0.1) is 0 Å². The van der Waals surface area contributed by atoms with Gasteiger partial charge in [0.1, 0.15) is 0 Å². The van der Waals surface area contributed by atoms with Crippen LogP contribution in [0.25, 0.3) is 0 Å². The maximum absolute atomic E-state index is 10.2. The quantitative estimate of drug-likeness (QED) is 0.666. The first-order chi connectivity index (χ1) is 5.22. The third-order valence-corrected chi connectivity index (χ3v) is 2.43. The van der Waals surface area contributed by atoms with E-state index < -0.39 is 0 Å². The number of thiophene rings is 1. The van der Waals surface area contributed by atoms with Gasteiger partial charge in [0.25, 0.3) is 0 Å². The number of rotatable bonds is 3. The number of carbonyl (C=O) groups is 1. The van der Waals surface area contributed by atoms with E-state index in [9.17, 15) is 4.79 Å². The van der Waals surface area contributed by atoms with Gasteiger partial charge in [0.15, 0.2) is 0 Å². The number of carbonyl (C=O) groups excluding carboxylic acids is 1. The van der Waals surface area contributed by atoms with Crippen LogP contribution < -0.4 is 0 Å². The Balaban J connectivity index is 2.57. The molecule has 1 heterocycles. The van der Waals surface area contributed by atoms with Crippen molar-refractivity contribution in [2.75, 3.05) is 7.05 Å². The summed E-state index contributed by atoms with van der Waals surface area (Å²) in [7, 11) is 1.74. The van der Waals surface area contributed by atoms with Crippen LogP contribution in [0.4, 0.5) is 0 Å². The molecule has 0 aliphatic carbocycles. The van der Waals surface area contributed by atoms with Gasteiger partial charge in [0.2, 0.25) is 6.41 Å². The highest BCUT2D eigenvalue weighted by molar-refractivity contribution is 7.16. The van der Waals surface area contributed by atoms with Gasteiger partial charge in [-0.25, -0.2) is 0 Å². The Morgan fingerprint density at radius 2 is 2.45 bits per heavy atom. The first-order valence-electron chi connectivity index (χ1n) is 3.12. The van der Waals surface area contributed by atoms with Crippen molar-refractivity contribution in [1.29, 1.82) is 0 Å². The maximum atomic E-state index is 10.2. The van der Waals surface area contributed by atoms with Gasteiger partial charge in [-0.1, -0.05) is 11.6 Å². The van der Waals surface area contributed by atoms with Crippen LogP contribution in [-0.2, 0) is 11.3 Å². The van der Waals surface area contributed by atoms with Crippen molar-refractivity contribution in [2.24, 2.45) is 0 Å². The predicted molar refractivity (Wildman–Crippen MR) is 46.9 cm³/mol. The lowest BCUT2D eigenvalue weighted by molar-refractivity contribution is -0.117. The number of halogens is 1. The summed E-state index contributed by atoms with van der Waals surface area (Å²) in [5.74, 6) is 0. The number of hydrogen-bond acceptors (Lipinski definition) is 2. The third-order valence-electron chi connectivity index (χ3n) is 1.21. The zero-order valence-electron chi connectivity index (χ0n) is 6.08. The molecule has 11 heavy (non-hydrogen) atoms. The minimum Gasteiger partial charge on any atom is -0.343 e. The van der Waals surface area contributed by atoms with Gasteiger partial charge in [-0.05, 0) is 12.1 Å². The molecule has 0 aliphatic rings. The topological polar surface area (TPSA) is 20.3 Å². The molecule has 0 aromatic carbocycles. The van der Waals surface area contributed by atoms with E-state index in [2.05, 4.69) is 0 Å².